The van der Waals surface area contributed by atoms with Crippen molar-refractivity contribution in [2.45, 2.75) is 38.5 Å². The Kier molecular flexibility index (Phi) is 6.06. The molecule has 1 aliphatic heterocycles. The van der Waals surface area contributed by atoms with Gasteiger partial charge in [-0.05, 0) is 37.5 Å². The minimum atomic E-state index is -0.857. The van der Waals surface area contributed by atoms with Crippen LogP contribution in [0.15, 0.2) is 36.4 Å². The monoisotopic (exact) mass is 401 g/mol. The highest BCUT2D eigenvalue weighted by molar-refractivity contribution is 5.83. The summed E-state index contributed by atoms with van der Waals surface area (Å²) >= 11 is 0. The van der Waals surface area contributed by atoms with Crippen LogP contribution in [0.2, 0.25) is 0 Å². The third-order valence-electron chi connectivity index (χ3n) is 5.31. The van der Waals surface area contributed by atoms with Gasteiger partial charge in [-0.3, -0.25) is 0 Å². The van der Waals surface area contributed by atoms with E-state index in [-0.39, 0.29) is 11.6 Å². The van der Waals surface area contributed by atoms with E-state index in [4.69, 9.17) is 9.47 Å². The normalized spacial score (nSPS) is 17.0. The molecule has 1 aromatic heterocycles. The Labute approximate surface area is 168 Å². The van der Waals surface area contributed by atoms with Crippen molar-refractivity contribution in [3.63, 3.8) is 0 Å². The molecule has 1 saturated heterocycles. The van der Waals surface area contributed by atoms with Gasteiger partial charge in [0.25, 0.3) is 0 Å². The second-order valence-electron chi connectivity index (χ2n) is 7.21. The van der Waals surface area contributed by atoms with Gasteiger partial charge in [-0.1, -0.05) is 18.2 Å². The highest BCUT2D eigenvalue weighted by Gasteiger charge is 2.23. The van der Waals surface area contributed by atoms with Crippen molar-refractivity contribution in [1.82, 2.24) is 15.1 Å². The van der Waals surface area contributed by atoms with Crippen molar-refractivity contribution in [3.8, 4) is 5.75 Å². The second kappa shape index (κ2) is 8.88. The first-order valence-corrected chi connectivity index (χ1v) is 9.98. The summed E-state index contributed by atoms with van der Waals surface area (Å²) in [7, 11) is 1.64. The molecule has 1 fully saturated rings. The number of rotatable bonds is 7. The van der Waals surface area contributed by atoms with Crippen molar-refractivity contribution >= 4 is 10.9 Å². The molecule has 7 heteroatoms. The number of nitrogens with one attached hydrogen (secondary N) is 1. The SMILES string of the molecule is COc1ccccc1CNCCc1nn(C2CCCCO2)c2ccc(F)c(F)c12. The van der Waals surface area contributed by atoms with Crippen LogP contribution in [-0.4, -0.2) is 30.0 Å². The summed E-state index contributed by atoms with van der Waals surface area (Å²) in [5.74, 6) is -0.883. The lowest BCUT2D eigenvalue weighted by Crippen LogP contribution is -2.20. The summed E-state index contributed by atoms with van der Waals surface area (Å²) in [5, 5.41) is 8.20. The van der Waals surface area contributed by atoms with Crippen LogP contribution in [0, 0.1) is 11.6 Å². The second-order valence-corrected chi connectivity index (χ2v) is 7.21. The van der Waals surface area contributed by atoms with E-state index in [0.717, 1.165) is 36.6 Å². The minimum Gasteiger partial charge on any atom is -0.496 e. The molecule has 4 rings (SSSR count). The molecule has 0 aliphatic carbocycles. The van der Waals surface area contributed by atoms with Gasteiger partial charge in [-0.15, -0.1) is 0 Å². The number of methoxy groups -OCH3 is 1. The summed E-state index contributed by atoms with van der Waals surface area (Å²) in [6, 6.07) is 10.5. The molecular formula is C22H25F2N3O2. The first-order valence-electron chi connectivity index (χ1n) is 9.98. The van der Waals surface area contributed by atoms with Crippen molar-refractivity contribution < 1.29 is 18.3 Å². The van der Waals surface area contributed by atoms with Gasteiger partial charge in [-0.25, -0.2) is 13.5 Å². The minimum absolute atomic E-state index is 0.230. The highest BCUT2D eigenvalue weighted by Crippen LogP contribution is 2.30. The van der Waals surface area contributed by atoms with Crippen molar-refractivity contribution in [2.24, 2.45) is 0 Å². The maximum atomic E-state index is 14.6. The van der Waals surface area contributed by atoms with Crippen LogP contribution >= 0.6 is 0 Å². The third-order valence-corrected chi connectivity index (χ3v) is 5.31. The summed E-state index contributed by atoms with van der Waals surface area (Å²) in [5.41, 5.74) is 2.16. The smallest absolute Gasteiger partial charge is 0.170 e. The molecule has 0 radical (unpaired) electrons. The predicted octanol–water partition coefficient (Wildman–Crippen LogP) is 4.35. The highest BCUT2D eigenvalue weighted by atomic mass is 19.2. The molecule has 0 bridgehead atoms. The van der Waals surface area contributed by atoms with Gasteiger partial charge < -0.3 is 14.8 Å². The van der Waals surface area contributed by atoms with E-state index < -0.39 is 11.6 Å². The van der Waals surface area contributed by atoms with E-state index in [1.807, 2.05) is 24.3 Å². The largest absolute Gasteiger partial charge is 0.496 e. The zero-order valence-electron chi connectivity index (χ0n) is 16.5. The van der Waals surface area contributed by atoms with Crippen molar-refractivity contribution in [2.75, 3.05) is 20.3 Å². The van der Waals surface area contributed by atoms with E-state index in [1.165, 1.54) is 0 Å². The first kappa shape index (κ1) is 19.8. The third kappa shape index (κ3) is 4.11. The number of aromatic nitrogens is 2. The topological polar surface area (TPSA) is 48.3 Å². The Balaban J connectivity index is 1.52. The Bertz CT molecular complexity index is 984. The van der Waals surface area contributed by atoms with Crippen molar-refractivity contribution in [1.29, 1.82) is 0 Å². The molecule has 1 atom stereocenters. The van der Waals surface area contributed by atoms with Gasteiger partial charge in [0.05, 0.1) is 23.7 Å². The number of hydrogen-bond acceptors (Lipinski definition) is 4. The Hall–Kier alpha value is -2.51. The van der Waals surface area contributed by atoms with Gasteiger partial charge in [0.2, 0.25) is 0 Å². The molecule has 0 saturated carbocycles. The fourth-order valence-electron chi connectivity index (χ4n) is 3.83. The van der Waals surface area contributed by atoms with Crippen LogP contribution in [0.25, 0.3) is 10.9 Å². The number of para-hydroxylation sites is 1. The molecule has 154 valence electrons. The van der Waals surface area contributed by atoms with Crippen LogP contribution < -0.4 is 10.1 Å². The first-order chi connectivity index (χ1) is 14.2. The summed E-state index contributed by atoms with van der Waals surface area (Å²) in [6.07, 6.45) is 3.11. The average molecular weight is 401 g/mol. The van der Waals surface area contributed by atoms with E-state index in [1.54, 1.807) is 17.9 Å². The Morgan fingerprint density at radius 2 is 2.07 bits per heavy atom. The van der Waals surface area contributed by atoms with Gasteiger partial charge in [0.1, 0.15) is 5.75 Å². The Morgan fingerprint density at radius 1 is 1.21 bits per heavy atom. The average Bonchev–Trinajstić information content (AvgIpc) is 3.14. The summed E-state index contributed by atoms with van der Waals surface area (Å²) < 4.78 is 41.4. The standard InChI is InChI=1S/C22H25F2N3O2/c1-28-19-7-3-2-6-15(19)14-25-12-11-17-21-18(10-9-16(23)22(21)24)27(26-17)20-8-4-5-13-29-20/h2-3,6-7,9-10,20,25H,4-5,8,11-14H2,1H3. The molecule has 1 N–H and O–H groups in total. The van der Waals surface area contributed by atoms with E-state index >= 15 is 0 Å². The molecule has 29 heavy (non-hydrogen) atoms. The zero-order chi connectivity index (χ0) is 20.2. The van der Waals surface area contributed by atoms with Crippen LogP contribution in [0.1, 0.15) is 36.7 Å². The number of hydrogen-bond donors (Lipinski definition) is 1. The number of nitrogens with zero attached hydrogens (tertiary/aromatic N) is 2. The lowest BCUT2D eigenvalue weighted by Gasteiger charge is -2.23. The van der Waals surface area contributed by atoms with Gasteiger partial charge >= 0.3 is 0 Å². The fraction of sp³-hybridized carbons (Fsp3) is 0.409. The molecule has 1 aliphatic rings. The molecule has 0 amide bonds. The number of fused-ring (bicyclic) bond motifs is 1. The van der Waals surface area contributed by atoms with Crippen LogP contribution in [0.5, 0.6) is 5.75 Å². The lowest BCUT2D eigenvalue weighted by molar-refractivity contribution is -0.0368. The van der Waals surface area contributed by atoms with Gasteiger partial charge in [-0.2, -0.15) is 5.10 Å². The molecule has 0 spiro atoms. The van der Waals surface area contributed by atoms with Crippen LogP contribution in [0.4, 0.5) is 8.78 Å². The van der Waals surface area contributed by atoms with Crippen LogP contribution in [-0.2, 0) is 17.7 Å². The summed E-state index contributed by atoms with van der Waals surface area (Å²) in [6.45, 7) is 1.85. The number of ether oxygens (including phenoxy) is 2. The molecule has 1 unspecified atom stereocenters. The number of benzene rings is 2. The quantitative estimate of drug-likeness (QED) is 0.598. The van der Waals surface area contributed by atoms with Crippen molar-refractivity contribution in [3.05, 3.63) is 59.3 Å². The molecule has 5 nitrogen and oxygen atoms in total. The van der Waals surface area contributed by atoms with E-state index in [2.05, 4.69) is 10.4 Å². The maximum absolute atomic E-state index is 14.6. The predicted molar refractivity (Wildman–Crippen MR) is 107 cm³/mol. The Morgan fingerprint density at radius 3 is 2.86 bits per heavy atom. The van der Waals surface area contributed by atoms with Gasteiger partial charge in [0.15, 0.2) is 17.9 Å². The van der Waals surface area contributed by atoms with Gasteiger partial charge in [0, 0.05) is 31.7 Å². The fourth-order valence-corrected chi connectivity index (χ4v) is 3.83. The molecule has 3 aromatic rings. The van der Waals surface area contributed by atoms with E-state index in [9.17, 15) is 8.78 Å². The van der Waals surface area contributed by atoms with Crippen LogP contribution in [0.3, 0.4) is 0 Å². The van der Waals surface area contributed by atoms with E-state index in [0.29, 0.717) is 37.3 Å². The number of halogens is 2. The maximum Gasteiger partial charge on any atom is 0.170 e. The molecule has 2 heterocycles. The summed E-state index contributed by atoms with van der Waals surface area (Å²) in [4.78, 5) is 0. The lowest BCUT2D eigenvalue weighted by atomic mass is 10.1. The molecule has 2 aromatic carbocycles. The zero-order valence-corrected chi connectivity index (χ0v) is 16.5. The molecular weight excluding hydrogens is 376 g/mol.